The smallest absolute Gasteiger partial charge is 0.261 e. The van der Waals surface area contributed by atoms with Crippen molar-refractivity contribution in [2.45, 2.75) is 18.4 Å². The van der Waals surface area contributed by atoms with Crippen molar-refractivity contribution in [3.8, 4) is 0 Å². The fourth-order valence-electron chi connectivity index (χ4n) is 3.75. The molecule has 0 saturated heterocycles. The van der Waals surface area contributed by atoms with Gasteiger partial charge in [-0.15, -0.1) is 0 Å². The molecule has 0 bridgehead atoms. The minimum Gasteiger partial charge on any atom is -0.411 e. The van der Waals surface area contributed by atoms with Crippen molar-refractivity contribution in [1.29, 1.82) is 0 Å². The zero-order valence-electron chi connectivity index (χ0n) is 12.4. The molecule has 1 amide bonds. The van der Waals surface area contributed by atoms with Gasteiger partial charge in [-0.2, -0.15) is 0 Å². The van der Waals surface area contributed by atoms with Crippen molar-refractivity contribution < 1.29 is 15.1 Å². The predicted octanol–water partition coefficient (Wildman–Crippen LogP) is 2.27. The SMILES string of the molecule is O=C1Nc2ccccc2[C@]1(O)[C@@H]1CCc2ccccc2/C1=N/O. The minimum absolute atomic E-state index is 0.362. The van der Waals surface area contributed by atoms with Crippen LogP contribution in [0.1, 0.15) is 23.1 Å². The lowest BCUT2D eigenvalue weighted by atomic mass is 9.71. The molecule has 5 nitrogen and oxygen atoms in total. The van der Waals surface area contributed by atoms with Crippen LogP contribution >= 0.6 is 0 Å². The number of hydrogen-bond donors (Lipinski definition) is 3. The average Bonchev–Trinajstić information content (AvgIpc) is 2.85. The number of nitrogens with zero attached hydrogens (tertiary/aromatic N) is 1. The number of rotatable bonds is 1. The average molecular weight is 308 g/mol. The summed E-state index contributed by atoms with van der Waals surface area (Å²) in [6.45, 7) is 0. The maximum Gasteiger partial charge on any atom is 0.261 e. The van der Waals surface area contributed by atoms with Gasteiger partial charge in [0.1, 0.15) is 0 Å². The third kappa shape index (κ3) is 1.83. The summed E-state index contributed by atoms with van der Waals surface area (Å²) in [5.41, 5.74) is 1.64. The number of fused-ring (bicyclic) bond motifs is 2. The summed E-state index contributed by atoms with van der Waals surface area (Å²) >= 11 is 0. The van der Waals surface area contributed by atoms with Crippen LogP contribution in [0, 0.1) is 5.92 Å². The fourth-order valence-corrected chi connectivity index (χ4v) is 3.75. The van der Waals surface area contributed by atoms with Gasteiger partial charge in [-0.1, -0.05) is 47.6 Å². The molecule has 2 aromatic rings. The van der Waals surface area contributed by atoms with Crippen LogP contribution in [0.4, 0.5) is 5.69 Å². The number of aliphatic hydroxyl groups is 1. The number of hydrogen-bond acceptors (Lipinski definition) is 4. The van der Waals surface area contributed by atoms with Crippen LogP contribution in [0.15, 0.2) is 53.7 Å². The van der Waals surface area contributed by atoms with E-state index in [1.165, 1.54) is 0 Å². The highest BCUT2D eigenvalue weighted by molar-refractivity contribution is 6.12. The van der Waals surface area contributed by atoms with Crippen LogP contribution in [0.25, 0.3) is 0 Å². The van der Waals surface area contributed by atoms with E-state index < -0.39 is 17.4 Å². The number of aryl methyl sites for hydroxylation is 1. The van der Waals surface area contributed by atoms with Crippen LogP contribution in [0.5, 0.6) is 0 Å². The Morgan fingerprint density at radius 3 is 2.70 bits per heavy atom. The molecule has 3 N–H and O–H groups in total. The number of amides is 1. The van der Waals surface area contributed by atoms with Crippen molar-refractivity contribution in [2.75, 3.05) is 5.32 Å². The summed E-state index contributed by atoms with van der Waals surface area (Å²) in [5.74, 6) is -1.06. The molecule has 2 atom stereocenters. The van der Waals surface area contributed by atoms with Gasteiger partial charge in [-0.05, 0) is 24.5 Å². The molecule has 0 saturated carbocycles. The van der Waals surface area contributed by atoms with Crippen molar-refractivity contribution in [1.82, 2.24) is 0 Å². The molecule has 2 aliphatic rings. The van der Waals surface area contributed by atoms with Gasteiger partial charge < -0.3 is 15.6 Å². The minimum atomic E-state index is -1.72. The third-order valence-corrected chi connectivity index (χ3v) is 4.87. The molecular formula is C18H16N2O3. The molecule has 0 unspecified atom stereocenters. The molecule has 0 spiro atoms. The van der Waals surface area contributed by atoms with E-state index in [4.69, 9.17) is 0 Å². The van der Waals surface area contributed by atoms with Crippen LogP contribution in [0.3, 0.4) is 0 Å². The van der Waals surface area contributed by atoms with Gasteiger partial charge in [0.15, 0.2) is 5.60 Å². The van der Waals surface area contributed by atoms with E-state index >= 15 is 0 Å². The lowest BCUT2D eigenvalue weighted by Gasteiger charge is -2.35. The Labute approximate surface area is 133 Å². The number of oxime groups is 1. The quantitative estimate of drug-likeness (QED) is 0.558. The van der Waals surface area contributed by atoms with Gasteiger partial charge in [0, 0.05) is 22.7 Å². The lowest BCUT2D eigenvalue weighted by Crippen LogP contribution is -2.47. The summed E-state index contributed by atoms with van der Waals surface area (Å²) < 4.78 is 0. The Bertz CT molecular complexity index is 831. The van der Waals surface area contributed by atoms with Gasteiger partial charge in [0.05, 0.1) is 5.71 Å². The number of benzene rings is 2. The normalized spacial score (nSPS) is 27.4. The van der Waals surface area contributed by atoms with E-state index in [1.807, 2.05) is 30.3 Å². The number of anilines is 1. The Morgan fingerprint density at radius 2 is 1.87 bits per heavy atom. The molecule has 0 radical (unpaired) electrons. The predicted molar refractivity (Wildman–Crippen MR) is 85.5 cm³/mol. The topological polar surface area (TPSA) is 81.9 Å². The van der Waals surface area contributed by atoms with Crippen LogP contribution in [-0.4, -0.2) is 21.9 Å². The van der Waals surface area contributed by atoms with E-state index in [0.29, 0.717) is 23.4 Å². The maximum absolute atomic E-state index is 12.5. The fraction of sp³-hybridized carbons (Fsp3) is 0.222. The molecule has 4 rings (SSSR count). The Balaban J connectivity index is 1.87. The van der Waals surface area contributed by atoms with Crippen LogP contribution < -0.4 is 5.32 Å². The summed E-state index contributed by atoms with van der Waals surface area (Å²) in [6.07, 6.45) is 1.26. The highest BCUT2D eigenvalue weighted by Gasteiger charge is 2.54. The molecule has 1 aliphatic carbocycles. The van der Waals surface area contributed by atoms with E-state index in [2.05, 4.69) is 10.5 Å². The monoisotopic (exact) mass is 308 g/mol. The van der Waals surface area contributed by atoms with Gasteiger partial charge >= 0.3 is 0 Å². The summed E-state index contributed by atoms with van der Waals surface area (Å²) in [4.78, 5) is 12.5. The zero-order valence-corrected chi connectivity index (χ0v) is 12.4. The molecule has 2 aromatic carbocycles. The van der Waals surface area contributed by atoms with E-state index in [9.17, 15) is 15.1 Å². The Morgan fingerprint density at radius 1 is 1.13 bits per heavy atom. The van der Waals surface area contributed by atoms with Crippen molar-refractivity contribution >= 4 is 17.3 Å². The van der Waals surface area contributed by atoms with Gasteiger partial charge in [-0.25, -0.2) is 0 Å². The first kappa shape index (κ1) is 14.0. The summed E-state index contributed by atoms with van der Waals surface area (Å²) in [6, 6.07) is 14.7. The number of carbonyl (C=O) groups excluding carboxylic acids is 1. The molecule has 1 aliphatic heterocycles. The van der Waals surface area contributed by atoms with Gasteiger partial charge in [0.2, 0.25) is 0 Å². The highest BCUT2D eigenvalue weighted by Crippen LogP contribution is 2.45. The first-order chi connectivity index (χ1) is 11.2. The largest absolute Gasteiger partial charge is 0.411 e. The second-order valence-corrected chi connectivity index (χ2v) is 6.00. The third-order valence-electron chi connectivity index (χ3n) is 4.87. The maximum atomic E-state index is 12.5. The van der Waals surface area contributed by atoms with E-state index in [0.717, 1.165) is 17.5 Å². The Kier molecular flexibility index (Phi) is 2.99. The number of para-hydroxylation sites is 1. The molecule has 0 aromatic heterocycles. The zero-order chi connectivity index (χ0) is 16.0. The second kappa shape index (κ2) is 4.93. The molecule has 116 valence electrons. The van der Waals surface area contributed by atoms with E-state index in [-0.39, 0.29) is 0 Å². The molecule has 5 heteroatoms. The van der Waals surface area contributed by atoms with Crippen molar-refractivity contribution in [3.05, 3.63) is 65.2 Å². The molecule has 23 heavy (non-hydrogen) atoms. The Hall–Kier alpha value is -2.66. The van der Waals surface area contributed by atoms with E-state index in [1.54, 1.807) is 18.2 Å². The second-order valence-electron chi connectivity index (χ2n) is 6.00. The number of carbonyl (C=O) groups is 1. The number of nitrogens with one attached hydrogen (secondary N) is 1. The first-order valence-electron chi connectivity index (χ1n) is 7.60. The van der Waals surface area contributed by atoms with Crippen LogP contribution in [0.2, 0.25) is 0 Å². The van der Waals surface area contributed by atoms with Crippen molar-refractivity contribution in [3.63, 3.8) is 0 Å². The van der Waals surface area contributed by atoms with Gasteiger partial charge in [0.25, 0.3) is 5.91 Å². The van der Waals surface area contributed by atoms with Gasteiger partial charge in [-0.3, -0.25) is 4.79 Å². The van der Waals surface area contributed by atoms with Crippen LogP contribution in [-0.2, 0) is 16.8 Å². The molecule has 0 fully saturated rings. The standard InChI is InChI=1S/C18H16N2O3/c21-17-18(22,13-7-3-4-8-15(13)19-17)14-10-9-11-5-1-2-6-12(11)16(14)20-23/h1-8,14,22-23H,9-10H2,(H,19,21)/b20-16-/t14-,18+/m1/s1. The first-order valence-corrected chi connectivity index (χ1v) is 7.60. The summed E-state index contributed by atoms with van der Waals surface area (Å²) in [5, 5.41) is 27.0. The molecule has 1 heterocycles. The van der Waals surface area contributed by atoms with Crippen molar-refractivity contribution in [2.24, 2.45) is 11.1 Å². The highest BCUT2D eigenvalue weighted by atomic mass is 16.4. The lowest BCUT2D eigenvalue weighted by molar-refractivity contribution is -0.137. The summed E-state index contributed by atoms with van der Waals surface area (Å²) in [7, 11) is 0. The molecular weight excluding hydrogens is 292 g/mol.